The number of hydrogen-bond donors (Lipinski definition) is 0. The van der Waals surface area contributed by atoms with Crippen molar-refractivity contribution in [2.24, 2.45) is 0 Å². The molecule has 0 aromatic carbocycles. The molecule has 0 saturated carbocycles. The Bertz CT molecular complexity index is 177. The summed E-state index contributed by atoms with van der Waals surface area (Å²) in [5.74, 6) is 0. The summed E-state index contributed by atoms with van der Waals surface area (Å²) >= 11 is -0.934. The molecule has 0 unspecified atom stereocenters. The number of hydrogen-bond acceptors (Lipinski definition) is 1. The molecule has 0 aliphatic carbocycles. The van der Waals surface area contributed by atoms with Crippen LogP contribution in [-0.2, 0) is 0 Å². The van der Waals surface area contributed by atoms with Gasteiger partial charge in [0.2, 0.25) is 0 Å². The van der Waals surface area contributed by atoms with Gasteiger partial charge in [-0.25, -0.2) is 0 Å². The minimum atomic E-state index is -0.934. The Morgan fingerprint density at radius 1 is 0.882 bits per heavy atom. The van der Waals surface area contributed by atoms with Crippen molar-refractivity contribution in [2.75, 3.05) is 6.54 Å². The summed E-state index contributed by atoms with van der Waals surface area (Å²) < 4.78 is 5.14. The summed E-state index contributed by atoms with van der Waals surface area (Å²) in [6.45, 7) is 10.7. The second-order valence-electron chi connectivity index (χ2n) is 6.43. The predicted octanol–water partition coefficient (Wildman–Crippen LogP) is 4.56. The Labute approximate surface area is 117 Å². The Balaban J connectivity index is 2.09. The van der Waals surface area contributed by atoms with Crippen molar-refractivity contribution in [1.29, 1.82) is 0 Å². The Morgan fingerprint density at radius 2 is 1.47 bits per heavy atom. The molecule has 2 heteroatoms. The Morgan fingerprint density at radius 3 is 2.00 bits per heavy atom. The van der Waals surface area contributed by atoms with Crippen LogP contribution in [0.3, 0.4) is 0 Å². The van der Waals surface area contributed by atoms with E-state index in [0.717, 1.165) is 0 Å². The predicted molar refractivity (Wildman–Crippen MR) is 80.2 cm³/mol. The van der Waals surface area contributed by atoms with Crippen molar-refractivity contribution >= 4 is 21.4 Å². The van der Waals surface area contributed by atoms with Crippen LogP contribution >= 0.6 is 0 Å². The van der Waals surface area contributed by atoms with Gasteiger partial charge in [0.25, 0.3) is 0 Å². The van der Waals surface area contributed by atoms with Gasteiger partial charge in [0.15, 0.2) is 0 Å². The van der Waals surface area contributed by atoms with E-state index in [1.807, 2.05) is 0 Å². The molecule has 1 aliphatic rings. The van der Waals surface area contributed by atoms with Crippen LogP contribution in [0.25, 0.3) is 0 Å². The van der Waals surface area contributed by atoms with Crippen LogP contribution in [0.15, 0.2) is 0 Å². The average molecular weight is 341 g/mol. The van der Waals surface area contributed by atoms with Crippen LogP contribution in [-0.4, -0.2) is 45.0 Å². The van der Waals surface area contributed by atoms with Gasteiger partial charge in [-0.3, -0.25) is 0 Å². The molecule has 1 heterocycles. The maximum atomic E-state index is 2.65. The van der Waals surface area contributed by atoms with Crippen LogP contribution in [0.5, 0.6) is 0 Å². The van der Waals surface area contributed by atoms with Gasteiger partial charge in [0.1, 0.15) is 0 Å². The second kappa shape index (κ2) is 8.85. The van der Waals surface area contributed by atoms with E-state index in [4.69, 9.17) is 0 Å². The first-order chi connectivity index (χ1) is 8.11. The number of nitrogens with zero attached hydrogens (tertiary/aromatic N) is 1. The number of rotatable bonds is 7. The van der Waals surface area contributed by atoms with Gasteiger partial charge in [-0.2, -0.15) is 0 Å². The van der Waals surface area contributed by atoms with Crippen molar-refractivity contribution < 1.29 is 0 Å². The van der Waals surface area contributed by atoms with E-state index in [1.165, 1.54) is 19.4 Å². The molecule has 0 N–H and O–H groups in total. The molecule has 0 amide bonds. The summed E-state index contributed by atoms with van der Waals surface area (Å²) in [5.41, 5.74) is 0. The molecule has 0 atom stereocenters. The first-order valence-corrected chi connectivity index (χ1v) is 14.9. The van der Waals surface area contributed by atoms with Gasteiger partial charge in [0, 0.05) is 0 Å². The third kappa shape index (κ3) is 6.52. The fourth-order valence-corrected chi connectivity index (χ4v) is 13.2. The van der Waals surface area contributed by atoms with Crippen LogP contribution in [0.1, 0.15) is 59.8 Å². The van der Waals surface area contributed by atoms with Gasteiger partial charge < -0.3 is 0 Å². The fourth-order valence-electron chi connectivity index (χ4n) is 3.32. The summed E-state index contributed by atoms with van der Waals surface area (Å²) in [6.07, 6.45) is 7.71. The Kier molecular flexibility index (Phi) is 8.27. The summed E-state index contributed by atoms with van der Waals surface area (Å²) in [7, 11) is 0. The third-order valence-corrected chi connectivity index (χ3v) is 14.8. The van der Waals surface area contributed by atoms with Crippen LogP contribution in [0, 0.1) is 0 Å². The SMILES string of the molecule is CC(C)N(CCC[CH2][In]1[CH2]CCC[CH2]1)C(C)C. The molecular weight excluding hydrogens is 309 g/mol. The molecule has 1 saturated heterocycles. The van der Waals surface area contributed by atoms with Gasteiger partial charge in [-0.05, 0) is 0 Å². The summed E-state index contributed by atoms with van der Waals surface area (Å²) in [4.78, 5) is 2.65. The molecule has 0 spiro atoms. The summed E-state index contributed by atoms with van der Waals surface area (Å²) in [5, 5.41) is 0. The van der Waals surface area contributed by atoms with E-state index >= 15 is 0 Å². The van der Waals surface area contributed by atoms with E-state index in [2.05, 4.69) is 32.6 Å². The van der Waals surface area contributed by atoms with Crippen molar-refractivity contribution in [3.05, 3.63) is 0 Å². The molecule has 1 rings (SSSR count). The number of unbranched alkanes of at least 4 members (excludes halogenated alkanes) is 1. The third-order valence-electron chi connectivity index (χ3n) is 4.33. The first-order valence-electron chi connectivity index (χ1n) is 7.87. The zero-order valence-corrected chi connectivity index (χ0v) is 15.8. The zero-order chi connectivity index (χ0) is 12.7. The normalized spacial score (nSPS) is 17.5. The van der Waals surface area contributed by atoms with Crippen LogP contribution in [0.4, 0.5) is 0 Å². The van der Waals surface area contributed by atoms with Gasteiger partial charge >= 0.3 is 117 Å². The topological polar surface area (TPSA) is 3.24 Å². The van der Waals surface area contributed by atoms with E-state index < -0.39 is 21.4 Å². The molecule has 0 bridgehead atoms. The molecule has 0 aromatic rings. The first kappa shape index (κ1) is 15.9. The molecule has 1 aliphatic heterocycles. The quantitative estimate of drug-likeness (QED) is 0.614. The van der Waals surface area contributed by atoms with Crippen molar-refractivity contribution in [1.82, 2.24) is 4.90 Å². The minimum absolute atomic E-state index is 0.716. The molecule has 0 aromatic heterocycles. The standard InChI is InChI=1S/C10H22N.C5H10.In/c1-6-7-8-11(9(2)3)10(4)5;1-3-5-4-2;/h9-10H,1,6-8H2,2-5H3;1-5H2;. The second-order valence-corrected chi connectivity index (χ2v) is 16.3. The van der Waals surface area contributed by atoms with Crippen LogP contribution < -0.4 is 0 Å². The van der Waals surface area contributed by atoms with Crippen molar-refractivity contribution in [3.63, 3.8) is 0 Å². The monoisotopic (exact) mass is 341 g/mol. The molecule has 17 heavy (non-hydrogen) atoms. The molecular formula is C15H32InN. The molecule has 0 radical (unpaired) electrons. The van der Waals surface area contributed by atoms with E-state index in [-0.39, 0.29) is 0 Å². The van der Waals surface area contributed by atoms with E-state index in [1.54, 1.807) is 31.8 Å². The van der Waals surface area contributed by atoms with Gasteiger partial charge in [-0.1, -0.05) is 0 Å². The zero-order valence-electron chi connectivity index (χ0n) is 12.5. The maximum absolute atomic E-state index is 2.65. The summed E-state index contributed by atoms with van der Waals surface area (Å²) in [6, 6.07) is 1.43. The van der Waals surface area contributed by atoms with Crippen molar-refractivity contribution in [3.8, 4) is 0 Å². The van der Waals surface area contributed by atoms with E-state index in [0.29, 0.717) is 12.1 Å². The van der Waals surface area contributed by atoms with Gasteiger partial charge in [0.05, 0.1) is 0 Å². The fraction of sp³-hybridized carbons (Fsp3) is 1.00. The van der Waals surface area contributed by atoms with E-state index in [9.17, 15) is 0 Å². The van der Waals surface area contributed by atoms with Crippen molar-refractivity contribution in [2.45, 2.75) is 84.4 Å². The Hall–Kier alpha value is 0.830. The average Bonchev–Trinajstić information content (AvgIpc) is 2.29. The molecule has 1 fully saturated rings. The van der Waals surface area contributed by atoms with Gasteiger partial charge in [-0.15, -0.1) is 0 Å². The van der Waals surface area contributed by atoms with Crippen LogP contribution in [0.2, 0.25) is 12.5 Å². The molecule has 100 valence electrons. The molecule has 1 nitrogen and oxygen atoms in total.